The van der Waals surface area contributed by atoms with Crippen LogP contribution >= 0.6 is 0 Å². The highest BCUT2D eigenvalue weighted by atomic mass is 32.2. The minimum absolute atomic E-state index is 0.266. The van der Waals surface area contributed by atoms with Crippen molar-refractivity contribution in [2.24, 2.45) is 0 Å². The number of nitrogens with one attached hydrogen (secondary N) is 1. The fourth-order valence-corrected chi connectivity index (χ4v) is 5.07. The smallest absolute Gasteiger partial charge is 0.244 e. The van der Waals surface area contributed by atoms with Crippen LogP contribution in [0.4, 0.5) is 5.69 Å². The van der Waals surface area contributed by atoms with Crippen molar-refractivity contribution in [3.05, 3.63) is 59.2 Å². The van der Waals surface area contributed by atoms with E-state index >= 15 is 0 Å². The molecule has 0 aromatic heterocycles. The minimum atomic E-state index is -3.66. The van der Waals surface area contributed by atoms with E-state index in [1.807, 2.05) is 58.0 Å². The van der Waals surface area contributed by atoms with Gasteiger partial charge in [-0.25, -0.2) is 8.42 Å². The Morgan fingerprint density at radius 3 is 2.33 bits per heavy atom. The summed E-state index contributed by atoms with van der Waals surface area (Å²) in [5.74, 6) is 0.393. The number of hydrogen-bond acceptors (Lipinski definition) is 4. The summed E-state index contributed by atoms with van der Waals surface area (Å²) in [6.07, 6.45) is 1.71. The number of hydrogen-bond donors (Lipinski definition) is 1. The number of ether oxygens (including phenoxy) is 1. The fourth-order valence-electron chi connectivity index (χ4n) is 3.90. The van der Waals surface area contributed by atoms with Gasteiger partial charge in [0.25, 0.3) is 0 Å². The van der Waals surface area contributed by atoms with Gasteiger partial charge in [-0.3, -0.25) is 9.10 Å². The number of benzene rings is 2. The second-order valence-corrected chi connectivity index (χ2v) is 10.6. The van der Waals surface area contributed by atoms with Gasteiger partial charge in [-0.05, 0) is 52.8 Å². The van der Waals surface area contributed by atoms with Crippen molar-refractivity contribution in [2.75, 3.05) is 10.6 Å². The Kier molecular flexibility index (Phi) is 5.87. The van der Waals surface area contributed by atoms with Gasteiger partial charge in [-0.2, -0.15) is 0 Å². The Morgan fingerprint density at radius 2 is 1.73 bits per heavy atom. The summed E-state index contributed by atoms with van der Waals surface area (Å²) in [4.78, 5) is 13.2. The molecule has 1 aliphatic heterocycles. The van der Waals surface area contributed by atoms with Crippen molar-refractivity contribution in [3.63, 3.8) is 0 Å². The van der Waals surface area contributed by atoms with Crippen LogP contribution in [0.25, 0.3) is 0 Å². The molecule has 7 heteroatoms. The molecule has 0 spiro atoms. The molecule has 1 N–H and O–H groups in total. The summed E-state index contributed by atoms with van der Waals surface area (Å²) in [6.45, 7) is 9.49. The van der Waals surface area contributed by atoms with Gasteiger partial charge < -0.3 is 10.1 Å². The minimum Gasteiger partial charge on any atom is -0.487 e. The zero-order chi connectivity index (χ0) is 22.3. The Hall–Kier alpha value is -2.54. The van der Waals surface area contributed by atoms with E-state index in [0.29, 0.717) is 12.1 Å². The predicted molar refractivity (Wildman–Crippen MR) is 119 cm³/mol. The first kappa shape index (κ1) is 22.2. The number of aryl methyl sites for hydroxylation is 2. The van der Waals surface area contributed by atoms with Crippen molar-refractivity contribution < 1.29 is 17.9 Å². The molecule has 1 aliphatic rings. The number of carbonyl (C=O) groups excluding carboxylic acids is 1. The number of carbonyl (C=O) groups is 1. The van der Waals surface area contributed by atoms with Crippen molar-refractivity contribution in [3.8, 4) is 5.75 Å². The van der Waals surface area contributed by atoms with Crippen LogP contribution in [-0.4, -0.2) is 32.2 Å². The number of anilines is 1. The van der Waals surface area contributed by atoms with Gasteiger partial charge in [0.1, 0.15) is 17.4 Å². The Labute approximate surface area is 179 Å². The topological polar surface area (TPSA) is 75.7 Å². The summed E-state index contributed by atoms with van der Waals surface area (Å²) in [5, 5.41) is 3.07. The Bertz CT molecular complexity index is 1050. The Morgan fingerprint density at radius 1 is 1.13 bits per heavy atom. The molecule has 0 bridgehead atoms. The van der Waals surface area contributed by atoms with Crippen molar-refractivity contribution in [2.45, 2.75) is 58.7 Å². The molecule has 30 heavy (non-hydrogen) atoms. The first-order valence-corrected chi connectivity index (χ1v) is 11.9. The SMILES string of the molecule is Cc1ccc(N([C@H](C)C(=O)N[C@H]2CC(C)(C)Oc3ccc(C)cc32)S(C)(=O)=O)cc1. The third kappa shape index (κ3) is 4.78. The zero-order valence-corrected chi connectivity index (χ0v) is 19.2. The maximum atomic E-state index is 13.2. The van der Waals surface area contributed by atoms with Crippen LogP contribution in [0.15, 0.2) is 42.5 Å². The molecule has 3 rings (SSSR count). The molecule has 1 heterocycles. The quantitative estimate of drug-likeness (QED) is 0.781. The molecule has 2 atom stereocenters. The van der Waals surface area contributed by atoms with E-state index in [2.05, 4.69) is 5.32 Å². The number of amides is 1. The largest absolute Gasteiger partial charge is 0.487 e. The van der Waals surface area contributed by atoms with Crippen LogP contribution in [0.3, 0.4) is 0 Å². The predicted octanol–water partition coefficient (Wildman–Crippen LogP) is 3.88. The van der Waals surface area contributed by atoms with Gasteiger partial charge in [0.05, 0.1) is 18.0 Å². The van der Waals surface area contributed by atoms with Gasteiger partial charge >= 0.3 is 0 Å². The van der Waals surface area contributed by atoms with E-state index in [-0.39, 0.29) is 11.9 Å². The third-order valence-electron chi connectivity index (χ3n) is 5.32. The molecule has 0 saturated carbocycles. The monoisotopic (exact) mass is 430 g/mol. The highest BCUT2D eigenvalue weighted by molar-refractivity contribution is 7.92. The molecule has 2 aromatic rings. The highest BCUT2D eigenvalue weighted by Crippen LogP contribution is 2.40. The zero-order valence-electron chi connectivity index (χ0n) is 18.4. The van der Waals surface area contributed by atoms with Gasteiger partial charge in [0, 0.05) is 12.0 Å². The number of nitrogens with zero attached hydrogens (tertiary/aromatic N) is 1. The Balaban J connectivity index is 1.90. The maximum Gasteiger partial charge on any atom is 0.244 e. The summed E-state index contributed by atoms with van der Waals surface area (Å²) in [5.41, 5.74) is 3.02. The summed E-state index contributed by atoms with van der Waals surface area (Å²) < 4.78 is 32.3. The van der Waals surface area contributed by atoms with Crippen LogP contribution < -0.4 is 14.4 Å². The van der Waals surface area contributed by atoms with Gasteiger partial charge in [0.15, 0.2) is 0 Å². The molecular weight excluding hydrogens is 400 g/mol. The number of sulfonamides is 1. The average molecular weight is 431 g/mol. The lowest BCUT2D eigenvalue weighted by molar-refractivity contribution is -0.123. The lowest BCUT2D eigenvalue weighted by Crippen LogP contribution is -2.50. The van der Waals surface area contributed by atoms with Crippen LogP contribution in [0.2, 0.25) is 0 Å². The van der Waals surface area contributed by atoms with E-state index in [1.54, 1.807) is 19.1 Å². The molecule has 0 aliphatic carbocycles. The van der Waals surface area contributed by atoms with E-state index in [0.717, 1.165) is 28.7 Å². The normalized spacial score (nSPS) is 18.7. The first-order chi connectivity index (χ1) is 13.9. The van der Waals surface area contributed by atoms with Gasteiger partial charge in [-0.1, -0.05) is 35.4 Å². The van der Waals surface area contributed by atoms with Crippen LogP contribution in [0.1, 0.15) is 49.9 Å². The second-order valence-electron chi connectivity index (χ2n) is 8.74. The summed E-state index contributed by atoms with van der Waals surface area (Å²) >= 11 is 0. The maximum absolute atomic E-state index is 13.2. The van der Waals surface area contributed by atoms with Gasteiger partial charge in [-0.15, -0.1) is 0 Å². The summed E-state index contributed by atoms with van der Waals surface area (Å²) in [6, 6.07) is 11.8. The molecule has 162 valence electrons. The van der Waals surface area contributed by atoms with Crippen molar-refractivity contribution >= 4 is 21.6 Å². The van der Waals surface area contributed by atoms with Crippen molar-refractivity contribution in [1.29, 1.82) is 0 Å². The lowest BCUT2D eigenvalue weighted by atomic mass is 9.89. The second kappa shape index (κ2) is 7.95. The van der Waals surface area contributed by atoms with Crippen LogP contribution in [0, 0.1) is 13.8 Å². The van der Waals surface area contributed by atoms with E-state index in [1.165, 1.54) is 4.31 Å². The molecule has 0 fully saturated rings. The van der Waals surface area contributed by atoms with Crippen molar-refractivity contribution in [1.82, 2.24) is 5.32 Å². The highest BCUT2D eigenvalue weighted by Gasteiger charge is 2.37. The van der Waals surface area contributed by atoms with Crippen LogP contribution in [-0.2, 0) is 14.8 Å². The standard InChI is InChI=1S/C23H30N2O4S/c1-15-7-10-18(11-8-15)25(30(6,27)28)17(3)22(26)24-20-14-23(4,5)29-21-12-9-16(2)13-19(20)21/h7-13,17,20H,14H2,1-6H3,(H,24,26)/t17-,20+/m1/s1. The summed E-state index contributed by atoms with van der Waals surface area (Å²) in [7, 11) is -3.66. The first-order valence-electron chi connectivity index (χ1n) is 10.0. The number of fused-ring (bicyclic) bond motifs is 1. The molecule has 1 amide bonds. The van der Waals surface area contributed by atoms with E-state index in [9.17, 15) is 13.2 Å². The number of rotatable bonds is 5. The lowest BCUT2D eigenvalue weighted by Gasteiger charge is -2.39. The van der Waals surface area contributed by atoms with E-state index < -0.39 is 21.7 Å². The fraction of sp³-hybridized carbons (Fsp3) is 0.435. The van der Waals surface area contributed by atoms with Crippen LogP contribution in [0.5, 0.6) is 5.75 Å². The molecule has 6 nitrogen and oxygen atoms in total. The molecular formula is C23H30N2O4S. The molecule has 0 saturated heterocycles. The molecule has 0 unspecified atom stereocenters. The molecule has 0 radical (unpaired) electrons. The van der Waals surface area contributed by atoms with Gasteiger partial charge in [0.2, 0.25) is 15.9 Å². The molecule has 2 aromatic carbocycles. The average Bonchev–Trinajstić information content (AvgIpc) is 2.62. The van der Waals surface area contributed by atoms with E-state index in [4.69, 9.17) is 4.74 Å². The third-order valence-corrected chi connectivity index (χ3v) is 6.56.